The molecule has 10 heteroatoms. The second-order valence-electron chi connectivity index (χ2n) is 6.12. The molecule has 2 aromatic rings. The van der Waals surface area contributed by atoms with Crippen molar-refractivity contribution < 1.29 is 29.0 Å². The predicted molar refractivity (Wildman–Crippen MR) is 103 cm³/mol. The molecule has 3 N–H and O–H groups in total. The quantitative estimate of drug-likeness (QED) is 0.649. The van der Waals surface area contributed by atoms with E-state index in [2.05, 4.69) is 20.1 Å². The topological polar surface area (TPSA) is 123 Å². The van der Waals surface area contributed by atoms with Crippen LogP contribution in [0.15, 0.2) is 48.7 Å². The van der Waals surface area contributed by atoms with Crippen LogP contribution in [-0.4, -0.2) is 70.7 Å². The van der Waals surface area contributed by atoms with E-state index in [1.807, 2.05) is 18.2 Å². The highest BCUT2D eigenvalue weighted by atomic mass is 19.1. The van der Waals surface area contributed by atoms with Gasteiger partial charge in [0.25, 0.3) is 0 Å². The lowest BCUT2D eigenvalue weighted by molar-refractivity contribution is -0.159. The summed E-state index contributed by atoms with van der Waals surface area (Å²) in [7, 11) is 0. The molecule has 1 saturated heterocycles. The summed E-state index contributed by atoms with van der Waals surface area (Å²) in [4.78, 5) is 38.9. The number of piperazine rings is 1. The minimum atomic E-state index is -1.82. The summed E-state index contributed by atoms with van der Waals surface area (Å²) >= 11 is 0. The number of carboxylic acids is 2. The fraction of sp³-hybridized carbons (Fsp3) is 0.263. The smallest absolute Gasteiger partial charge is 0.414 e. The van der Waals surface area contributed by atoms with E-state index < -0.39 is 11.9 Å². The number of halogens is 1. The molecule has 3 rings (SSSR count). The first kappa shape index (κ1) is 21.8. The highest BCUT2D eigenvalue weighted by molar-refractivity contribution is 6.27. The van der Waals surface area contributed by atoms with Crippen molar-refractivity contribution in [3.8, 4) is 0 Å². The Kier molecular flexibility index (Phi) is 8.04. The maximum atomic E-state index is 13.1. The van der Waals surface area contributed by atoms with Crippen molar-refractivity contribution in [3.63, 3.8) is 0 Å². The van der Waals surface area contributed by atoms with Crippen LogP contribution in [0.3, 0.4) is 0 Å². The first-order valence-corrected chi connectivity index (χ1v) is 8.75. The molecule has 9 nitrogen and oxygen atoms in total. The molecular formula is C19H21FN4O5. The Hall–Kier alpha value is -3.53. The second-order valence-corrected chi connectivity index (χ2v) is 6.12. The van der Waals surface area contributed by atoms with Crippen molar-refractivity contribution >= 4 is 29.4 Å². The van der Waals surface area contributed by atoms with Gasteiger partial charge in [-0.05, 0) is 30.3 Å². The Balaban J connectivity index is 0.000000438. The number of hydrogen-bond donors (Lipinski definition) is 3. The minimum Gasteiger partial charge on any atom is -0.473 e. The third-order valence-electron chi connectivity index (χ3n) is 4.00. The number of hydrogen-bond acceptors (Lipinski definition) is 6. The fourth-order valence-electron chi connectivity index (χ4n) is 2.65. The zero-order valence-corrected chi connectivity index (χ0v) is 15.5. The average Bonchev–Trinajstić information content (AvgIpc) is 2.69. The van der Waals surface area contributed by atoms with Gasteiger partial charge in [0.05, 0.1) is 6.54 Å². The van der Waals surface area contributed by atoms with Gasteiger partial charge in [0, 0.05) is 38.1 Å². The third kappa shape index (κ3) is 7.54. The zero-order chi connectivity index (χ0) is 21.2. The number of nitrogens with zero attached hydrogens (tertiary/aromatic N) is 3. The van der Waals surface area contributed by atoms with Crippen LogP contribution in [0.4, 0.5) is 15.9 Å². The molecule has 1 aliphatic rings. The van der Waals surface area contributed by atoms with E-state index in [0.717, 1.165) is 32.0 Å². The van der Waals surface area contributed by atoms with E-state index in [1.54, 1.807) is 18.3 Å². The number of anilines is 2. The molecule has 0 unspecified atom stereocenters. The molecule has 0 saturated carbocycles. The van der Waals surface area contributed by atoms with Gasteiger partial charge in [-0.2, -0.15) is 0 Å². The van der Waals surface area contributed by atoms with Crippen LogP contribution in [0.25, 0.3) is 0 Å². The van der Waals surface area contributed by atoms with Crippen LogP contribution in [0.2, 0.25) is 0 Å². The molecule has 0 spiro atoms. The van der Waals surface area contributed by atoms with Crippen molar-refractivity contribution in [2.24, 2.45) is 0 Å². The molecular weight excluding hydrogens is 383 g/mol. The predicted octanol–water partition coefficient (Wildman–Crippen LogP) is 1.14. The SMILES string of the molecule is O=C(CN1CCN(c2ccccn2)CC1)Nc1cccc(F)c1.O=C(O)C(=O)O. The molecule has 0 atom stereocenters. The Morgan fingerprint density at radius 3 is 2.24 bits per heavy atom. The molecule has 1 fully saturated rings. The maximum absolute atomic E-state index is 13.1. The Bertz CT molecular complexity index is 830. The van der Waals surface area contributed by atoms with E-state index in [1.165, 1.54) is 12.1 Å². The minimum absolute atomic E-state index is 0.123. The van der Waals surface area contributed by atoms with Crippen LogP contribution in [-0.2, 0) is 14.4 Å². The number of aliphatic carboxylic acids is 2. The molecule has 1 aromatic heterocycles. The number of nitrogens with one attached hydrogen (secondary N) is 1. The van der Waals surface area contributed by atoms with Crippen molar-refractivity contribution in [2.75, 3.05) is 42.9 Å². The van der Waals surface area contributed by atoms with Gasteiger partial charge in [-0.1, -0.05) is 12.1 Å². The van der Waals surface area contributed by atoms with Crippen LogP contribution < -0.4 is 10.2 Å². The lowest BCUT2D eigenvalue weighted by Gasteiger charge is -2.34. The van der Waals surface area contributed by atoms with Crippen LogP contribution >= 0.6 is 0 Å². The summed E-state index contributed by atoms with van der Waals surface area (Å²) in [5.41, 5.74) is 0.488. The van der Waals surface area contributed by atoms with Crippen molar-refractivity contribution in [2.45, 2.75) is 0 Å². The van der Waals surface area contributed by atoms with E-state index in [4.69, 9.17) is 19.8 Å². The standard InChI is InChI=1S/C17H19FN4O.C2H2O4/c18-14-4-3-5-15(12-14)20-17(23)13-21-8-10-22(11-9-21)16-6-1-2-7-19-16;3-1(4)2(5)6/h1-7,12H,8-11,13H2,(H,20,23);(H,3,4)(H,5,6). The first-order chi connectivity index (χ1) is 13.8. The lowest BCUT2D eigenvalue weighted by Crippen LogP contribution is -2.48. The molecule has 1 aromatic carbocycles. The molecule has 2 heterocycles. The molecule has 154 valence electrons. The van der Waals surface area contributed by atoms with E-state index in [9.17, 15) is 9.18 Å². The molecule has 0 bridgehead atoms. The van der Waals surface area contributed by atoms with E-state index in [-0.39, 0.29) is 11.7 Å². The summed E-state index contributed by atoms with van der Waals surface area (Å²) in [5.74, 6) is -3.16. The van der Waals surface area contributed by atoms with Gasteiger partial charge in [0.1, 0.15) is 11.6 Å². The molecule has 1 aliphatic heterocycles. The maximum Gasteiger partial charge on any atom is 0.414 e. The van der Waals surface area contributed by atoms with Gasteiger partial charge < -0.3 is 20.4 Å². The van der Waals surface area contributed by atoms with Gasteiger partial charge in [-0.15, -0.1) is 0 Å². The fourth-order valence-corrected chi connectivity index (χ4v) is 2.65. The number of rotatable bonds is 4. The summed E-state index contributed by atoms with van der Waals surface area (Å²) in [5, 5.41) is 17.5. The summed E-state index contributed by atoms with van der Waals surface area (Å²) in [6, 6.07) is 11.8. The van der Waals surface area contributed by atoms with Gasteiger partial charge in [-0.3, -0.25) is 9.69 Å². The van der Waals surface area contributed by atoms with Crippen LogP contribution in [0.5, 0.6) is 0 Å². The van der Waals surface area contributed by atoms with Crippen molar-refractivity contribution in [1.29, 1.82) is 0 Å². The third-order valence-corrected chi connectivity index (χ3v) is 4.00. The van der Waals surface area contributed by atoms with E-state index >= 15 is 0 Å². The highest BCUT2D eigenvalue weighted by Gasteiger charge is 2.19. The number of benzene rings is 1. The molecule has 1 amide bonds. The number of aromatic nitrogens is 1. The average molecular weight is 404 g/mol. The van der Waals surface area contributed by atoms with Gasteiger partial charge in [-0.25, -0.2) is 19.0 Å². The van der Waals surface area contributed by atoms with Crippen LogP contribution in [0, 0.1) is 5.82 Å². The number of carbonyl (C=O) groups excluding carboxylic acids is 1. The molecule has 29 heavy (non-hydrogen) atoms. The monoisotopic (exact) mass is 404 g/mol. The molecule has 0 radical (unpaired) electrons. The number of amides is 1. The highest BCUT2D eigenvalue weighted by Crippen LogP contribution is 2.13. The summed E-state index contributed by atoms with van der Waals surface area (Å²) < 4.78 is 13.1. The number of carboxylic acid groups (broad SMARTS) is 2. The Labute approximate surface area is 166 Å². The van der Waals surface area contributed by atoms with Gasteiger partial charge in [0.2, 0.25) is 5.91 Å². The number of pyridine rings is 1. The lowest BCUT2D eigenvalue weighted by atomic mass is 10.3. The summed E-state index contributed by atoms with van der Waals surface area (Å²) in [6.07, 6.45) is 1.79. The van der Waals surface area contributed by atoms with Gasteiger partial charge >= 0.3 is 11.9 Å². The normalized spacial score (nSPS) is 13.8. The van der Waals surface area contributed by atoms with Crippen molar-refractivity contribution in [1.82, 2.24) is 9.88 Å². The van der Waals surface area contributed by atoms with Crippen molar-refractivity contribution in [3.05, 3.63) is 54.5 Å². The molecule has 0 aliphatic carbocycles. The Morgan fingerprint density at radius 1 is 1.00 bits per heavy atom. The second kappa shape index (κ2) is 10.7. The largest absolute Gasteiger partial charge is 0.473 e. The van der Waals surface area contributed by atoms with Crippen LogP contribution in [0.1, 0.15) is 0 Å². The number of carbonyl (C=O) groups is 3. The van der Waals surface area contributed by atoms with Gasteiger partial charge in [0.15, 0.2) is 0 Å². The first-order valence-electron chi connectivity index (χ1n) is 8.75. The van der Waals surface area contributed by atoms with E-state index in [0.29, 0.717) is 12.2 Å². The zero-order valence-electron chi connectivity index (χ0n) is 15.5. The Morgan fingerprint density at radius 2 is 1.69 bits per heavy atom. The summed E-state index contributed by atoms with van der Waals surface area (Å²) in [6.45, 7) is 3.58.